The summed E-state index contributed by atoms with van der Waals surface area (Å²) >= 11 is 1.78. The van der Waals surface area contributed by atoms with Crippen molar-refractivity contribution in [3.8, 4) is 11.8 Å². The summed E-state index contributed by atoms with van der Waals surface area (Å²) < 4.78 is 5.63. The molecule has 1 aliphatic heterocycles. The van der Waals surface area contributed by atoms with Crippen molar-refractivity contribution < 1.29 is 4.74 Å². The largest absolute Gasteiger partial charge is 0.377 e. The van der Waals surface area contributed by atoms with Gasteiger partial charge in [-0.25, -0.2) is 0 Å². The zero-order valence-corrected chi connectivity index (χ0v) is 12.6. The Hall–Kier alpha value is -0.860. The molecular weight excluding hydrogens is 256 g/mol. The molecule has 3 nitrogen and oxygen atoms in total. The van der Waals surface area contributed by atoms with E-state index < -0.39 is 0 Å². The standard InChI is InChI=1S/C15H22N2OS/c1-15(18-2)6-4-8-17(12-15)10-14-9-13(11-19-14)5-3-7-16/h9,11H,4,6-8,10,12,16H2,1-2H3. The number of hydrogen-bond acceptors (Lipinski definition) is 4. The number of thiophene rings is 1. The van der Waals surface area contributed by atoms with Crippen LogP contribution in [0, 0.1) is 11.8 Å². The van der Waals surface area contributed by atoms with Gasteiger partial charge in [-0.1, -0.05) is 11.8 Å². The predicted molar refractivity (Wildman–Crippen MR) is 80.2 cm³/mol. The average molecular weight is 278 g/mol. The molecule has 0 spiro atoms. The molecule has 0 bridgehead atoms. The molecule has 2 heterocycles. The minimum atomic E-state index is 0.0116. The Balaban J connectivity index is 1.95. The second kappa shape index (κ2) is 6.53. The molecule has 0 aliphatic carbocycles. The van der Waals surface area contributed by atoms with Gasteiger partial charge in [0.1, 0.15) is 0 Å². The Bertz CT molecular complexity index is 474. The maximum Gasteiger partial charge on any atom is 0.0777 e. The number of nitrogens with two attached hydrogens (primary N) is 1. The molecule has 0 aromatic carbocycles. The fourth-order valence-electron chi connectivity index (χ4n) is 2.51. The lowest BCUT2D eigenvalue weighted by molar-refractivity contribution is -0.0524. The Morgan fingerprint density at radius 3 is 3.16 bits per heavy atom. The van der Waals surface area contributed by atoms with Gasteiger partial charge >= 0.3 is 0 Å². The summed E-state index contributed by atoms with van der Waals surface area (Å²) in [7, 11) is 1.81. The molecule has 1 atom stereocenters. The van der Waals surface area contributed by atoms with Crippen molar-refractivity contribution >= 4 is 11.3 Å². The summed E-state index contributed by atoms with van der Waals surface area (Å²) in [5, 5.41) is 2.11. The normalized spacial score (nSPS) is 23.9. The number of likely N-dealkylation sites (tertiary alicyclic amines) is 1. The SMILES string of the molecule is COC1(C)CCCN(Cc2cc(C#CCN)cs2)C1. The molecule has 0 saturated carbocycles. The minimum Gasteiger partial charge on any atom is -0.377 e. The van der Waals surface area contributed by atoms with E-state index in [1.807, 2.05) is 7.11 Å². The van der Waals surface area contributed by atoms with Crippen LogP contribution < -0.4 is 5.73 Å². The van der Waals surface area contributed by atoms with Crippen LogP contribution in [0.2, 0.25) is 0 Å². The fraction of sp³-hybridized carbons (Fsp3) is 0.600. The summed E-state index contributed by atoms with van der Waals surface area (Å²) in [6.07, 6.45) is 2.35. The molecule has 4 heteroatoms. The van der Waals surface area contributed by atoms with E-state index in [4.69, 9.17) is 10.5 Å². The van der Waals surface area contributed by atoms with Crippen molar-refractivity contribution in [1.82, 2.24) is 4.90 Å². The third-order valence-corrected chi connectivity index (χ3v) is 4.52. The van der Waals surface area contributed by atoms with Crippen LogP contribution in [0.25, 0.3) is 0 Å². The highest BCUT2D eigenvalue weighted by Crippen LogP contribution is 2.26. The number of ether oxygens (including phenoxy) is 1. The first-order valence-electron chi connectivity index (χ1n) is 6.69. The molecule has 1 saturated heterocycles. The first-order valence-corrected chi connectivity index (χ1v) is 7.57. The second-order valence-corrected chi connectivity index (χ2v) is 6.27. The summed E-state index contributed by atoms with van der Waals surface area (Å²) in [6.45, 7) is 5.77. The molecule has 104 valence electrons. The zero-order valence-electron chi connectivity index (χ0n) is 11.7. The smallest absolute Gasteiger partial charge is 0.0777 e. The van der Waals surface area contributed by atoms with E-state index in [9.17, 15) is 0 Å². The first kappa shape index (κ1) is 14.5. The summed E-state index contributed by atoms with van der Waals surface area (Å²) in [5.74, 6) is 5.98. The van der Waals surface area contributed by atoms with Gasteiger partial charge in [-0.3, -0.25) is 4.90 Å². The van der Waals surface area contributed by atoms with Gasteiger partial charge in [0.05, 0.1) is 12.1 Å². The van der Waals surface area contributed by atoms with Crippen LogP contribution >= 0.6 is 11.3 Å². The van der Waals surface area contributed by atoms with Crippen LogP contribution in [-0.4, -0.2) is 37.2 Å². The van der Waals surface area contributed by atoms with Crippen LogP contribution in [0.1, 0.15) is 30.2 Å². The van der Waals surface area contributed by atoms with Crippen molar-refractivity contribution in [2.24, 2.45) is 5.73 Å². The topological polar surface area (TPSA) is 38.5 Å². The van der Waals surface area contributed by atoms with E-state index >= 15 is 0 Å². The van der Waals surface area contributed by atoms with Gasteiger partial charge in [0, 0.05) is 36.0 Å². The molecule has 1 fully saturated rings. The highest BCUT2D eigenvalue weighted by molar-refractivity contribution is 7.10. The van der Waals surface area contributed by atoms with E-state index in [0.717, 1.165) is 31.6 Å². The molecular formula is C15H22N2OS. The van der Waals surface area contributed by atoms with Crippen LogP contribution in [0.4, 0.5) is 0 Å². The van der Waals surface area contributed by atoms with E-state index in [2.05, 4.69) is 35.1 Å². The Morgan fingerprint density at radius 2 is 2.42 bits per heavy atom. The zero-order chi connectivity index (χ0) is 13.7. The van der Waals surface area contributed by atoms with Gasteiger partial charge in [-0.05, 0) is 32.4 Å². The fourth-order valence-corrected chi connectivity index (χ4v) is 3.37. The van der Waals surface area contributed by atoms with Gasteiger partial charge < -0.3 is 10.5 Å². The number of nitrogens with zero attached hydrogens (tertiary/aromatic N) is 1. The van der Waals surface area contributed by atoms with E-state index in [-0.39, 0.29) is 5.60 Å². The highest BCUT2D eigenvalue weighted by Gasteiger charge is 2.30. The lowest BCUT2D eigenvalue weighted by atomic mass is 9.95. The van der Waals surface area contributed by atoms with E-state index in [1.54, 1.807) is 11.3 Å². The molecule has 0 radical (unpaired) electrons. The number of piperidine rings is 1. The molecule has 1 aromatic heterocycles. The molecule has 2 N–H and O–H groups in total. The van der Waals surface area contributed by atoms with Gasteiger partial charge in [0.15, 0.2) is 0 Å². The van der Waals surface area contributed by atoms with Gasteiger partial charge in [0.25, 0.3) is 0 Å². The molecule has 2 rings (SSSR count). The van der Waals surface area contributed by atoms with Crippen molar-refractivity contribution in [3.63, 3.8) is 0 Å². The van der Waals surface area contributed by atoms with Crippen molar-refractivity contribution in [2.75, 3.05) is 26.7 Å². The van der Waals surface area contributed by atoms with E-state index in [1.165, 1.54) is 11.3 Å². The van der Waals surface area contributed by atoms with E-state index in [0.29, 0.717) is 6.54 Å². The minimum absolute atomic E-state index is 0.0116. The van der Waals surface area contributed by atoms with Crippen LogP contribution in [0.5, 0.6) is 0 Å². The Labute approximate surface area is 119 Å². The summed E-state index contributed by atoms with van der Waals surface area (Å²) in [5.41, 5.74) is 6.48. The lowest BCUT2D eigenvalue weighted by Gasteiger charge is -2.39. The molecule has 19 heavy (non-hydrogen) atoms. The van der Waals surface area contributed by atoms with Crippen molar-refractivity contribution in [2.45, 2.75) is 31.9 Å². The van der Waals surface area contributed by atoms with Gasteiger partial charge in [0.2, 0.25) is 0 Å². The highest BCUT2D eigenvalue weighted by atomic mass is 32.1. The maximum atomic E-state index is 5.63. The first-order chi connectivity index (χ1) is 9.15. The van der Waals surface area contributed by atoms with Crippen LogP contribution in [0.15, 0.2) is 11.4 Å². The monoisotopic (exact) mass is 278 g/mol. The molecule has 0 amide bonds. The number of hydrogen-bond donors (Lipinski definition) is 1. The molecule has 1 aromatic rings. The third-order valence-electron chi connectivity index (χ3n) is 3.60. The lowest BCUT2D eigenvalue weighted by Crippen LogP contribution is -2.46. The van der Waals surface area contributed by atoms with Gasteiger partial charge in [-0.15, -0.1) is 11.3 Å². The predicted octanol–water partition coefficient (Wildman–Crippen LogP) is 2.06. The van der Waals surface area contributed by atoms with Crippen LogP contribution in [-0.2, 0) is 11.3 Å². The summed E-state index contributed by atoms with van der Waals surface area (Å²) in [4.78, 5) is 3.83. The molecule has 1 aliphatic rings. The number of methoxy groups -OCH3 is 1. The van der Waals surface area contributed by atoms with Gasteiger partial charge in [-0.2, -0.15) is 0 Å². The third kappa shape index (κ3) is 4.05. The number of rotatable bonds is 3. The Kier molecular flexibility index (Phi) is 5.00. The maximum absolute atomic E-state index is 5.63. The molecule has 1 unspecified atom stereocenters. The quantitative estimate of drug-likeness (QED) is 0.860. The second-order valence-electron chi connectivity index (χ2n) is 5.28. The van der Waals surface area contributed by atoms with Crippen LogP contribution in [0.3, 0.4) is 0 Å². The Morgan fingerprint density at radius 1 is 1.58 bits per heavy atom. The average Bonchev–Trinajstić information content (AvgIpc) is 2.84. The van der Waals surface area contributed by atoms with Crippen molar-refractivity contribution in [3.05, 3.63) is 21.9 Å². The summed E-state index contributed by atoms with van der Waals surface area (Å²) in [6, 6.07) is 2.17. The van der Waals surface area contributed by atoms with Crippen molar-refractivity contribution in [1.29, 1.82) is 0 Å².